The summed E-state index contributed by atoms with van der Waals surface area (Å²) < 4.78 is 1.76. The average molecular weight is 231 g/mol. The van der Waals surface area contributed by atoms with Crippen molar-refractivity contribution in [2.45, 2.75) is 39.7 Å². The van der Waals surface area contributed by atoms with Crippen molar-refractivity contribution in [1.82, 2.24) is 9.78 Å². The normalized spacial score (nSPS) is 14.3. The molecule has 0 aliphatic rings. The summed E-state index contributed by atoms with van der Waals surface area (Å²) in [7, 11) is 1.87. The molecule has 3 nitrogen and oxygen atoms in total. The van der Waals surface area contributed by atoms with Gasteiger partial charge in [0.2, 0.25) is 0 Å². The molecular formula is C11H19ClN2O. The van der Waals surface area contributed by atoms with Crippen LogP contribution in [0.15, 0.2) is 6.20 Å². The lowest BCUT2D eigenvalue weighted by molar-refractivity contribution is 0.0556. The van der Waals surface area contributed by atoms with Gasteiger partial charge in [-0.3, -0.25) is 4.68 Å². The van der Waals surface area contributed by atoms with Gasteiger partial charge in [0.25, 0.3) is 0 Å². The lowest BCUT2D eigenvalue weighted by atomic mass is 9.86. The fourth-order valence-electron chi connectivity index (χ4n) is 1.42. The van der Waals surface area contributed by atoms with Gasteiger partial charge in [-0.05, 0) is 18.3 Å². The van der Waals surface area contributed by atoms with Crippen molar-refractivity contribution in [1.29, 1.82) is 0 Å². The zero-order chi connectivity index (χ0) is 11.6. The van der Waals surface area contributed by atoms with Gasteiger partial charge < -0.3 is 5.11 Å². The number of hydrogen-bond acceptors (Lipinski definition) is 2. The molecule has 0 spiro atoms. The summed E-state index contributed by atoms with van der Waals surface area (Å²) in [5.74, 6) is 0. The number of nitrogens with zero attached hydrogens (tertiary/aromatic N) is 2. The van der Waals surface area contributed by atoms with Crippen LogP contribution in [0.25, 0.3) is 0 Å². The highest BCUT2D eigenvalue weighted by Gasteiger charge is 2.22. The van der Waals surface area contributed by atoms with Crippen molar-refractivity contribution in [3.8, 4) is 0 Å². The van der Waals surface area contributed by atoms with E-state index in [1.807, 2.05) is 27.8 Å². The molecule has 0 aliphatic heterocycles. The molecule has 4 heteroatoms. The lowest BCUT2D eigenvalue weighted by Crippen LogP contribution is -2.26. The van der Waals surface area contributed by atoms with Crippen molar-refractivity contribution in [2.75, 3.05) is 0 Å². The van der Waals surface area contributed by atoms with Crippen LogP contribution in [0.2, 0.25) is 5.02 Å². The smallest absolute Gasteiger partial charge is 0.0817 e. The maximum absolute atomic E-state index is 9.89. The molecule has 86 valence electrons. The summed E-state index contributed by atoms with van der Waals surface area (Å²) in [6, 6.07) is 0. The van der Waals surface area contributed by atoms with E-state index < -0.39 is 0 Å². The number of halogens is 1. The van der Waals surface area contributed by atoms with E-state index in [4.69, 9.17) is 11.6 Å². The quantitative estimate of drug-likeness (QED) is 0.866. The van der Waals surface area contributed by atoms with Crippen LogP contribution in [0.5, 0.6) is 0 Å². The Hall–Kier alpha value is -0.540. The molecule has 0 aliphatic carbocycles. The summed E-state index contributed by atoms with van der Waals surface area (Å²) in [4.78, 5) is 0. The third-order valence-corrected chi connectivity index (χ3v) is 2.98. The molecule has 1 atom stereocenters. The molecule has 1 rings (SSSR count). The Kier molecular flexibility index (Phi) is 3.79. The Bertz CT molecular complexity index is 308. The molecule has 1 unspecified atom stereocenters. The van der Waals surface area contributed by atoms with E-state index in [0.29, 0.717) is 11.4 Å². The van der Waals surface area contributed by atoms with Gasteiger partial charge in [-0.25, -0.2) is 0 Å². The zero-order valence-corrected chi connectivity index (χ0v) is 10.5. The van der Waals surface area contributed by atoms with Gasteiger partial charge in [0.15, 0.2) is 0 Å². The highest BCUT2D eigenvalue weighted by atomic mass is 35.5. The van der Waals surface area contributed by atoms with Crippen molar-refractivity contribution in [3.05, 3.63) is 16.9 Å². The van der Waals surface area contributed by atoms with Crippen LogP contribution in [-0.2, 0) is 13.5 Å². The summed E-state index contributed by atoms with van der Waals surface area (Å²) >= 11 is 5.98. The molecule has 1 aromatic rings. The highest BCUT2D eigenvalue weighted by molar-refractivity contribution is 6.31. The maximum atomic E-state index is 9.89. The van der Waals surface area contributed by atoms with E-state index in [1.165, 1.54) is 0 Å². The predicted molar refractivity (Wildman–Crippen MR) is 62.0 cm³/mol. The van der Waals surface area contributed by atoms with E-state index in [-0.39, 0.29) is 11.5 Å². The minimum absolute atomic E-state index is 0.0783. The number of aromatic nitrogens is 2. The Balaban J connectivity index is 2.58. The Morgan fingerprint density at radius 1 is 1.53 bits per heavy atom. The van der Waals surface area contributed by atoms with Crippen LogP contribution >= 0.6 is 11.6 Å². The summed E-state index contributed by atoms with van der Waals surface area (Å²) in [6.07, 6.45) is 2.79. The number of aliphatic hydroxyl groups is 1. The number of rotatable bonds is 3. The molecular weight excluding hydrogens is 212 g/mol. The first-order valence-corrected chi connectivity index (χ1v) is 5.54. The summed E-state index contributed by atoms with van der Waals surface area (Å²) in [6.45, 7) is 6.09. The van der Waals surface area contributed by atoms with Crippen LogP contribution in [0, 0.1) is 5.41 Å². The fourth-order valence-corrected chi connectivity index (χ4v) is 1.68. The van der Waals surface area contributed by atoms with Crippen molar-refractivity contribution >= 4 is 11.6 Å². The number of aryl methyl sites for hydroxylation is 1. The second kappa shape index (κ2) is 4.54. The first-order chi connectivity index (χ1) is 6.82. The second-order valence-corrected chi connectivity index (χ2v) is 5.39. The van der Waals surface area contributed by atoms with Gasteiger partial charge in [0.05, 0.1) is 23.0 Å². The topological polar surface area (TPSA) is 38.0 Å². The van der Waals surface area contributed by atoms with Crippen molar-refractivity contribution in [3.63, 3.8) is 0 Å². The minimum atomic E-state index is -0.316. The highest BCUT2D eigenvalue weighted by Crippen LogP contribution is 2.24. The van der Waals surface area contributed by atoms with Gasteiger partial charge in [-0.1, -0.05) is 32.4 Å². The molecule has 0 fully saturated rings. The predicted octanol–water partition coefficient (Wildman–Crippen LogP) is 2.41. The van der Waals surface area contributed by atoms with Crippen LogP contribution in [0.3, 0.4) is 0 Å². The largest absolute Gasteiger partial charge is 0.393 e. The second-order valence-electron chi connectivity index (χ2n) is 4.98. The summed E-state index contributed by atoms with van der Waals surface area (Å²) in [5.41, 5.74) is 0.908. The third kappa shape index (κ3) is 3.21. The molecule has 0 saturated heterocycles. The summed E-state index contributed by atoms with van der Waals surface area (Å²) in [5, 5.41) is 14.6. The standard InChI is InChI=1S/C11H19ClN2O/c1-11(2,3)10(15)6-5-9-8(12)7-13-14(9)4/h7,10,15H,5-6H2,1-4H3. The van der Waals surface area contributed by atoms with E-state index >= 15 is 0 Å². The Morgan fingerprint density at radius 2 is 2.13 bits per heavy atom. The lowest BCUT2D eigenvalue weighted by Gasteiger charge is -2.25. The average Bonchev–Trinajstić information content (AvgIpc) is 2.41. The third-order valence-electron chi connectivity index (χ3n) is 2.66. The van der Waals surface area contributed by atoms with Crippen molar-refractivity contribution in [2.24, 2.45) is 12.5 Å². The van der Waals surface area contributed by atoms with Gasteiger partial charge in [-0.15, -0.1) is 0 Å². The van der Waals surface area contributed by atoms with E-state index in [9.17, 15) is 5.11 Å². The maximum Gasteiger partial charge on any atom is 0.0817 e. The Morgan fingerprint density at radius 3 is 2.53 bits per heavy atom. The van der Waals surface area contributed by atoms with Crippen LogP contribution < -0.4 is 0 Å². The van der Waals surface area contributed by atoms with Gasteiger partial charge in [0, 0.05) is 7.05 Å². The number of hydrogen-bond donors (Lipinski definition) is 1. The number of aliphatic hydroxyl groups excluding tert-OH is 1. The minimum Gasteiger partial charge on any atom is -0.393 e. The first kappa shape index (κ1) is 12.5. The van der Waals surface area contributed by atoms with Crippen LogP contribution in [0.1, 0.15) is 32.9 Å². The molecule has 0 amide bonds. The van der Waals surface area contributed by atoms with Crippen molar-refractivity contribution < 1.29 is 5.11 Å². The monoisotopic (exact) mass is 230 g/mol. The molecule has 0 bridgehead atoms. The van der Waals surface area contributed by atoms with Crippen LogP contribution in [-0.4, -0.2) is 21.0 Å². The SMILES string of the molecule is Cn1ncc(Cl)c1CCC(O)C(C)(C)C. The van der Waals surface area contributed by atoms with E-state index in [2.05, 4.69) is 5.10 Å². The van der Waals surface area contributed by atoms with E-state index in [0.717, 1.165) is 12.1 Å². The van der Waals surface area contributed by atoms with Gasteiger partial charge in [0.1, 0.15) is 0 Å². The molecule has 15 heavy (non-hydrogen) atoms. The molecule has 1 heterocycles. The molecule has 1 aromatic heterocycles. The zero-order valence-electron chi connectivity index (χ0n) is 9.79. The Labute approximate surface area is 96.1 Å². The molecule has 0 aromatic carbocycles. The van der Waals surface area contributed by atoms with Crippen LogP contribution in [0.4, 0.5) is 0 Å². The molecule has 0 radical (unpaired) electrons. The molecule has 1 N–H and O–H groups in total. The fraction of sp³-hybridized carbons (Fsp3) is 0.727. The first-order valence-electron chi connectivity index (χ1n) is 5.17. The molecule has 0 saturated carbocycles. The van der Waals surface area contributed by atoms with E-state index in [1.54, 1.807) is 10.9 Å². The van der Waals surface area contributed by atoms with Gasteiger partial charge >= 0.3 is 0 Å². The van der Waals surface area contributed by atoms with Gasteiger partial charge in [-0.2, -0.15) is 5.10 Å².